The monoisotopic (exact) mass is 666 g/mol. The maximum absolute atomic E-state index is 5.26. The first-order valence-corrected chi connectivity index (χ1v) is 17.5. The second kappa shape index (κ2) is 13.7. The van der Waals surface area contributed by atoms with E-state index in [1.165, 1.54) is 0 Å². The molecule has 246 valence electrons. The van der Waals surface area contributed by atoms with Crippen LogP contribution >= 0.6 is 0 Å². The van der Waals surface area contributed by atoms with Gasteiger partial charge in [-0.1, -0.05) is 121 Å². The summed E-state index contributed by atoms with van der Waals surface area (Å²) in [5, 5.41) is 2.23. The lowest BCUT2D eigenvalue weighted by Gasteiger charge is -2.29. The van der Waals surface area contributed by atoms with Crippen LogP contribution in [0.2, 0.25) is 0 Å². The topological polar surface area (TPSA) is 32.3 Å². The van der Waals surface area contributed by atoms with Gasteiger partial charge in [-0.05, 0) is 90.3 Å². The van der Waals surface area contributed by atoms with Crippen LogP contribution in [0.3, 0.4) is 0 Å². The summed E-state index contributed by atoms with van der Waals surface area (Å²) >= 11 is 0. The Balaban J connectivity index is 1.20. The van der Waals surface area contributed by atoms with Crippen LogP contribution in [0.25, 0.3) is 44.3 Å². The van der Waals surface area contributed by atoms with E-state index in [2.05, 4.69) is 186 Å². The van der Waals surface area contributed by atoms with Gasteiger partial charge in [-0.25, -0.2) is 9.97 Å². The van der Waals surface area contributed by atoms with Crippen LogP contribution in [-0.4, -0.2) is 9.97 Å². The Hall–Kier alpha value is -7.04. The molecule has 1 aromatic heterocycles. The third-order valence-corrected chi connectivity index (χ3v) is 9.42. The quantitative estimate of drug-likeness (QED) is 0.162. The number of fused-ring (bicyclic) bond motifs is 2. The molecule has 0 saturated carbocycles. The minimum atomic E-state index is 0.866. The summed E-state index contributed by atoms with van der Waals surface area (Å²) < 4.78 is 0. The van der Waals surface area contributed by atoms with Crippen molar-refractivity contribution < 1.29 is 0 Å². The van der Waals surface area contributed by atoms with Gasteiger partial charge in [-0.2, -0.15) is 0 Å². The second-order valence-corrected chi connectivity index (χ2v) is 12.6. The summed E-state index contributed by atoms with van der Waals surface area (Å²) in [6, 6.07) is 72.0. The number of benzene rings is 8. The first-order valence-electron chi connectivity index (χ1n) is 17.5. The standard InChI is InChI=1S/C48H34N4/c1-5-17-35(18-6-1)47-48(50-45-28-16-15-27-44(45)49-47)43-33-34-46(42-26-14-13-25-41(42)43)52(38-23-11-4-12-24-38)40-31-29-39(30-32-40)51(36-19-7-2-8-20-36)37-21-9-3-10-22-37/h1-34H. The summed E-state index contributed by atoms with van der Waals surface area (Å²) in [4.78, 5) is 15.1. The van der Waals surface area contributed by atoms with Crippen molar-refractivity contribution in [1.82, 2.24) is 9.97 Å². The molecule has 0 aliphatic carbocycles. The van der Waals surface area contributed by atoms with Crippen molar-refractivity contribution in [2.24, 2.45) is 0 Å². The molecule has 0 fully saturated rings. The van der Waals surface area contributed by atoms with Gasteiger partial charge >= 0.3 is 0 Å². The maximum Gasteiger partial charge on any atom is 0.0979 e. The molecule has 0 bridgehead atoms. The van der Waals surface area contributed by atoms with Crippen molar-refractivity contribution in [2.45, 2.75) is 0 Å². The maximum atomic E-state index is 5.26. The Bertz CT molecular complexity index is 2570. The molecule has 0 radical (unpaired) electrons. The second-order valence-electron chi connectivity index (χ2n) is 12.6. The smallest absolute Gasteiger partial charge is 0.0979 e. The van der Waals surface area contributed by atoms with E-state index >= 15 is 0 Å². The summed E-state index contributed by atoms with van der Waals surface area (Å²) in [6.45, 7) is 0. The molecule has 0 spiro atoms. The molecule has 52 heavy (non-hydrogen) atoms. The third kappa shape index (κ3) is 5.82. The molecule has 0 unspecified atom stereocenters. The molecule has 1 heterocycles. The van der Waals surface area contributed by atoms with Gasteiger partial charge < -0.3 is 9.80 Å². The van der Waals surface area contributed by atoms with Crippen LogP contribution in [0.4, 0.5) is 34.1 Å². The van der Waals surface area contributed by atoms with E-state index in [1.807, 2.05) is 30.3 Å². The zero-order chi connectivity index (χ0) is 34.7. The summed E-state index contributed by atoms with van der Waals surface area (Å²) in [7, 11) is 0. The van der Waals surface area contributed by atoms with Gasteiger partial charge in [-0.3, -0.25) is 0 Å². The average Bonchev–Trinajstić information content (AvgIpc) is 3.23. The number of rotatable bonds is 8. The molecule has 4 heteroatoms. The van der Waals surface area contributed by atoms with Crippen molar-refractivity contribution in [3.05, 3.63) is 206 Å². The molecule has 9 rings (SSSR count). The minimum absolute atomic E-state index is 0.866. The molecule has 0 atom stereocenters. The van der Waals surface area contributed by atoms with Crippen molar-refractivity contribution in [2.75, 3.05) is 9.80 Å². The lowest BCUT2D eigenvalue weighted by atomic mass is 9.96. The first kappa shape index (κ1) is 31.0. The highest BCUT2D eigenvalue weighted by atomic mass is 15.2. The molecule has 0 amide bonds. The van der Waals surface area contributed by atoms with Crippen LogP contribution in [0.5, 0.6) is 0 Å². The summed E-state index contributed by atoms with van der Waals surface area (Å²) in [6.07, 6.45) is 0. The molecule has 0 saturated heterocycles. The van der Waals surface area contributed by atoms with Crippen molar-refractivity contribution in [3.8, 4) is 22.5 Å². The Morgan fingerprint density at radius 2 is 0.692 bits per heavy atom. The fourth-order valence-electron chi connectivity index (χ4n) is 7.03. The Kier molecular flexibility index (Phi) is 8.16. The lowest BCUT2D eigenvalue weighted by molar-refractivity contribution is 1.26. The number of hydrogen-bond donors (Lipinski definition) is 0. The predicted molar refractivity (Wildman–Crippen MR) is 217 cm³/mol. The molecule has 0 aliphatic heterocycles. The number of para-hydroxylation sites is 5. The highest BCUT2D eigenvalue weighted by Gasteiger charge is 2.21. The van der Waals surface area contributed by atoms with Crippen LogP contribution in [0.1, 0.15) is 0 Å². The normalized spacial score (nSPS) is 11.1. The molecule has 0 N–H and O–H groups in total. The van der Waals surface area contributed by atoms with E-state index in [-0.39, 0.29) is 0 Å². The van der Waals surface area contributed by atoms with Gasteiger partial charge in [0.1, 0.15) is 0 Å². The number of hydrogen-bond acceptors (Lipinski definition) is 4. The fourth-order valence-corrected chi connectivity index (χ4v) is 7.03. The first-order chi connectivity index (χ1) is 25.8. The van der Waals surface area contributed by atoms with Gasteiger partial charge in [0.2, 0.25) is 0 Å². The van der Waals surface area contributed by atoms with Gasteiger partial charge in [0, 0.05) is 45.0 Å². The van der Waals surface area contributed by atoms with Crippen LogP contribution in [0.15, 0.2) is 206 Å². The highest BCUT2D eigenvalue weighted by Crippen LogP contribution is 2.44. The molecular formula is C48H34N4. The van der Waals surface area contributed by atoms with E-state index in [4.69, 9.17) is 9.97 Å². The van der Waals surface area contributed by atoms with Crippen LogP contribution in [0, 0.1) is 0 Å². The number of anilines is 6. The number of nitrogens with zero attached hydrogens (tertiary/aromatic N) is 4. The Morgan fingerprint density at radius 1 is 0.288 bits per heavy atom. The molecule has 8 aromatic carbocycles. The zero-order valence-corrected chi connectivity index (χ0v) is 28.4. The lowest BCUT2D eigenvalue weighted by Crippen LogP contribution is -2.12. The predicted octanol–water partition coefficient (Wildman–Crippen LogP) is 13.1. The number of aromatic nitrogens is 2. The third-order valence-electron chi connectivity index (χ3n) is 9.42. The Morgan fingerprint density at radius 3 is 1.25 bits per heavy atom. The minimum Gasteiger partial charge on any atom is -0.311 e. The van der Waals surface area contributed by atoms with E-state index < -0.39 is 0 Å². The highest BCUT2D eigenvalue weighted by molar-refractivity contribution is 6.07. The van der Waals surface area contributed by atoms with Crippen molar-refractivity contribution in [3.63, 3.8) is 0 Å². The largest absolute Gasteiger partial charge is 0.311 e. The Labute approximate surface area is 303 Å². The van der Waals surface area contributed by atoms with Gasteiger partial charge in [0.05, 0.1) is 28.1 Å². The van der Waals surface area contributed by atoms with E-state index in [1.54, 1.807) is 0 Å². The van der Waals surface area contributed by atoms with E-state index in [0.29, 0.717) is 0 Å². The van der Waals surface area contributed by atoms with Crippen molar-refractivity contribution in [1.29, 1.82) is 0 Å². The molecular weight excluding hydrogens is 633 g/mol. The van der Waals surface area contributed by atoms with Crippen molar-refractivity contribution >= 4 is 55.9 Å². The van der Waals surface area contributed by atoms with E-state index in [9.17, 15) is 0 Å². The fraction of sp³-hybridized carbons (Fsp3) is 0. The van der Waals surface area contributed by atoms with E-state index in [0.717, 1.165) is 78.4 Å². The molecule has 0 aliphatic rings. The van der Waals surface area contributed by atoms with Gasteiger partial charge in [-0.15, -0.1) is 0 Å². The van der Waals surface area contributed by atoms with Crippen LogP contribution in [-0.2, 0) is 0 Å². The SMILES string of the molecule is c1ccc(-c2nc3ccccc3nc2-c2ccc(N(c3ccccc3)c3ccc(N(c4ccccc4)c4ccccc4)cc3)c3ccccc23)cc1. The van der Waals surface area contributed by atoms with Crippen LogP contribution < -0.4 is 9.80 Å². The average molecular weight is 667 g/mol. The van der Waals surface area contributed by atoms with Gasteiger partial charge in [0.25, 0.3) is 0 Å². The summed E-state index contributed by atoms with van der Waals surface area (Å²) in [5.41, 5.74) is 12.1. The molecule has 4 nitrogen and oxygen atoms in total. The zero-order valence-electron chi connectivity index (χ0n) is 28.4. The molecule has 9 aromatic rings. The summed E-state index contributed by atoms with van der Waals surface area (Å²) in [5.74, 6) is 0. The van der Waals surface area contributed by atoms with Gasteiger partial charge in [0.15, 0.2) is 0 Å².